The molecule has 0 fully saturated rings. The van der Waals surface area contributed by atoms with E-state index in [-0.39, 0.29) is 11.7 Å². The van der Waals surface area contributed by atoms with E-state index in [0.29, 0.717) is 12.5 Å². The van der Waals surface area contributed by atoms with Gasteiger partial charge in [0.1, 0.15) is 0 Å². The molecule has 0 aliphatic rings. The van der Waals surface area contributed by atoms with Crippen LogP contribution in [-0.4, -0.2) is 16.6 Å². The van der Waals surface area contributed by atoms with Gasteiger partial charge in [0.25, 0.3) is 0 Å². The van der Waals surface area contributed by atoms with Crippen molar-refractivity contribution in [1.82, 2.24) is 15.4 Å². The first kappa shape index (κ1) is 12.9. The number of benzene rings is 1. The summed E-state index contributed by atoms with van der Waals surface area (Å²) in [6, 6.07) is 5.89. The summed E-state index contributed by atoms with van der Waals surface area (Å²) in [5, 5.41) is 0. The Hall–Kier alpha value is -1.59. The Morgan fingerprint density at radius 1 is 1.22 bits per heavy atom. The smallest absolute Gasteiger partial charge is 0.306 e. The van der Waals surface area contributed by atoms with Crippen molar-refractivity contribution in [3.63, 3.8) is 0 Å². The topological polar surface area (TPSA) is 69.9 Å². The van der Waals surface area contributed by atoms with E-state index >= 15 is 0 Å². The Morgan fingerprint density at radius 2 is 1.94 bits per heavy atom. The van der Waals surface area contributed by atoms with Gasteiger partial charge in [0.15, 0.2) is 0 Å². The molecular formula is C13H19N3O2. The number of hydroxylamine groups is 1. The molecule has 18 heavy (non-hydrogen) atoms. The zero-order valence-corrected chi connectivity index (χ0v) is 10.9. The van der Waals surface area contributed by atoms with E-state index in [9.17, 15) is 4.79 Å². The minimum absolute atomic E-state index is 0.0755. The van der Waals surface area contributed by atoms with Gasteiger partial charge in [-0.3, -0.25) is 0 Å². The van der Waals surface area contributed by atoms with Gasteiger partial charge in [-0.2, -0.15) is 5.48 Å². The second kappa shape index (κ2) is 5.37. The first-order chi connectivity index (χ1) is 8.56. The van der Waals surface area contributed by atoms with Crippen molar-refractivity contribution >= 4 is 11.0 Å². The molecule has 2 aromatic rings. The van der Waals surface area contributed by atoms with Gasteiger partial charge in [-0.25, -0.2) is 4.79 Å². The first-order valence-corrected chi connectivity index (χ1v) is 6.15. The summed E-state index contributed by atoms with van der Waals surface area (Å²) in [4.78, 5) is 22.0. The number of H-pyrrole nitrogens is 2. The lowest BCUT2D eigenvalue weighted by molar-refractivity contribution is 0.00411. The predicted molar refractivity (Wildman–Crippen MR) is 71.3 cm³/mol. The molecule has 0 spiro atoms. The average molecular weight is 249 g/mol. The molecule has 0 bridgehead atoms. The summed E-state index contributed by atoms with van der Waals surface area (Å²) in [5.41, 5.74) is 5.52. The summed E-state index contributed by atoms with van der Waals surface area (Å²) in [5.74, 6) is 0.494. The molecule has 0 radical (unpaired) electrons. The number of imidazole rings is 1. The normalized spacial score (nSPS) is 13.3. The highest BCUT2D eigenvalue weighted by Crippen LogP contribution is 2.16. The summed E-state index contributed by atoms with van der Waals surface area (Å²) in [6.07, 6.45) is 0. The maximum atomic E-state index is 11.2. The summed E-state index contributed by atoms with van der Waals surface area (Å²) in [7, 11) is 0. The fourth-order valence-electron chi connectivity index (χ4n) is 1.73. The van der Waals surface area contributed by atoms with Crippen LogP contribution in [0.1, 0.15) is 32.4 Å². The molecule has 5 heteroatoms. The Bertz CT molecular complexity index is 571. The van der Waals surface area contributed by atoms with Crippen molar-refractivity contribution in [2.45, 2.75) is 26.8 Å². The molecule has 0 saturated heterocycles. The SMILES string of the molecule is CC(C)CONC(C)c1ccc2[nH]c(=O)[nH]c2c1. The van der Waals surface area contributed by atoms with E-state index in [4.69, 9.17) is 4.84 Å². The van der Waals surface area contributed by atoms with Gasteiger partial charge < -0.3 is 14.8 Å². The lowest BCUT2D eigenvalue weighted by Gasteiger charge is -2.15. The number of aromatic amines is 2. The molecule has 2 rings (SSSR count). The molecule has 98 valence electrons. The standard InChI is InChI=1S/C13H19N3O2/c1-8(2)7-18-16-9(3)10-4-5-11-12(6-10)15-13(17)14-11/h4-6,8-9,16H,7H2,1-3H3,(H2,14,15,17). The number of rotatable bonds is 5. The number of nitrogens with one attached hydrogen (secondary N) is 3. The van der Waals surface area contributed by atoms with Crippen molar-refractivity contribution < 1.29 is 4.84 Å². The third-order valence-corrected chi connectivity index (χ3v) is 2.72. The molecule has 3 N–H and O–H groups in total. The van der Waals surface area contributed by atoms with E-state index in [1.54, 1.807) is 0 Å². The van der Waals surface area contributed by atoms with Crippen LogP contribution >= 0.6 is 0 Å². The van der Waals surface area contributed by atoms with Crippen LogP contribution in [0.5, 0.6) is 0 Å². The fraction of sp³-hybridized carbons (Fsp3) is 0.462. The minimum atomic E-state index is -0.182. The number of fused-ring (bicyclic) bond motifs is 1. The third-order valence-electron chi connectivity index (χ3n) is 2.72. The summed E-state index contributed by atoms with van der Waals surface area (Å²) < 4.78 is 0. The fourth-order valence-corrected chi connectivity index (χ4v) is 1.73. The third kappa shape index (κ3) is 3.00. The van der Waals surface area contributed by atoms with Crippen LogP contribution in [0.2, 0.25) is 0 Å². The minimum Gasteiger partial charge on any atom is -0.306 e. The molecule has 1 aromatic heterocycles. The van der Waals surface area contributed by atoms with Crippen LogP contribution in [-0.2, 0) is 4.84 Å². The van der Waals surface area contributed by atoms with E-state index in [1.807, 2.05) is 25.1 Å². The van der Waals surface area contributed by atoms with Crippen molar-refractivity contribution in [1.29, 1.82) is 0 Å². The number of hydrogen-bond acceptors (Lipinski definition) is 3. The average Bonchev–Trinajstić information content (AvgIpc) is 2.67. The summed E-state index contributed by atoms with van der Waals surface area (Å²) in [6.45, 7) is 6.89. The lowest BCUT2D eigenvalue weighted by Crippen LogP contribution is -2.21. The quantitative estimate of drug-likeness (QED) is 0.711. The number of aromatic nitrogens is 2. The Kier molecular flexibility index (Phi) is 3.84. The second-order valence-electron chi connectivity index (χ2n) is 4.93. The van der Waals surface area contributed by atoms with Gasteiger partial charge in [-0.15, -0.1) is 0 Å². The zero-order chi connectivity index (χ0) is 13.1. The van der Waals surface area contributed by atoms with Crippen LogP contribution in [0, 0.1) is 5.92 Å². The Labute approximate surface area is 106 Å². The molecule has 1 atom stereocenters. The molecular weight excluding hydrogens is 230 g/mol. The van der Waals surface area contributed by atoms with Crippen LogP contribution < -0.4 is 11.2 Å². The maximum Gasteiger partial charge on any atom is 0.323 e. The molecule has 1 unspecified atom stereocenters. The van der Waals surface area contributed by atoms with Gasteiger partial charge >= 0.3 is 5.69 Å². The molecule has 0 amide bonds. The van der Waals surface area contributed by atoms with Crippen molar-refractivity contribution in [3.8, 4) is 0 Å². The monoisotopic (exact) mass is 249 g/mol. The first-order valence-electron chi connectivity index (χ1n) is 6.15. The van der Waals surface area contributed by atoms with Crippen molar-refractivity contribution in [2.24, 2.45) is 5.92 Å². The van der Waals surface area contributed by atoms with Crippen molar-refractivity contribution in [3.05, 3.63) is 34.2 Å². The molecule has 1 heterocycles. The van der Waals surface area contributed by atoms with Crippen LogP contribution in [0.15, 0.2) is 23.0 Å². The van der Waals surface area contributed by atoms with Crippen LogP contribution in [0.25, 0.3) is 11.0 Å². The maximum absolute atomic E-state index is 11.2. The lowest BCUT2D eigenvalue weighted by atomic mass is 10.1. The van der Waals surface area contributed by atoms with E-state index < -0.39 is 0 Å². The second-order valence-corrected chi connectivity index (χ2v) is 4.93. The number of hydrogen-bond donors (Lipinski definition) is 3. The van der Waals surface area contributed by atoms with Crippen LogP contribution in [0.3, 0.4) is 0 Å². The molecule has 0 aliphatic carbocycles. The van der Waals surface area contributed by atoms with Gasteiger partial charge in [0, 0.05) is 0 Å². The molecule has 0 saturated carbocycles. The summed E-state index contributed by atoms with van der Waals surface area (Å²) >= 11 is 0. The van der Waals surface area contributed by atoms with Crippen molar-refractivity contribution in [2.75, 3.05) is 6.61 Å². The van der Waals surface area contributed by atoms with E-state index in [0.717, 1.165) is 16.6 Å². The highest BCUT2D eigenvalue weighted by molar-refractivity contribution is 5.75. The highest BCUT2D eigenvalue weighted by atomic mass is 16.6. The van der Waals surface area contributed by atoms with Crippen LogP contribution in [0.4, 0.5) is 0 Å². The Balaban J connectivity index is 2.07. The largest absolute Gasteiger partial charge is 0.323 e. The van der Waals surface area contributed by atoms with Gasteiger partial charge in [-0.1, -0.05) is 19.9 Å². The molecule has 5 nitrogen and oxygen atoms in total. The highest BCUT2D eigenvalue weighted by Gasteiger charge is 2.07. The van der Waals surface area contributed by atoms with Gasteiger partial charge in [0.2, 0.25) is 0 Å². The molecule has 0 aliphatic heterocycles. The molecule has 1 aromatic carbocycles. The van der Waals surface area contributed by atoms with E-state index in [1.165, 1.54) is 0 Å². The zero-order valence-electron chi connectivity index (χ0n) is 10.9. The Morgan fingerprint density at radius 3 is 2.67 bits per heavy atom. The predicted octanol–water partition coefficient (Wildman–Crippen LogP) is 2.09. The van der Waals surface area contributed by atoms with E-state index in [2.05, 4.69) is 29.3 Å². The van der Waals surface area contributed by atoms with Gasteiger partial charge in [-0.05, 0) is 30.5 Å². The van der Waals surface area contributed by atoms with Gasteiger partial charge in [0.05, 0.1) is 23.7 Å².